The molecule has 6 N–H and O–H groups in total. The molecule has 1 aliphatic heterocycles. The number of nitrogens with one attached hydrogen (secondary N) is 1. The van der Waals surface area contributed by atoms with E-state index in [-0.39, 0.29) is 12.5 Å². The summed E-state index contributed by atoms with van der Waals surface area (Å²) >= 11 is 0. The van der Waals surface area contributed by atoms with Crippen LogP contribution in [0.2, 0.25) is 0 Å². The molecule has 9 heteroatoms. The third-order valence-electron chi connectivity index (χ3n) is 11.8. The zero-order valence-corrected chi connectivity index (χ0v) is 39.6. The molecule has 1 fully saturated rings. The summed E-state index contributed by atoms with van der Waals surface area (Å²) in [5.74, 6) is -0.194. The van der Waals surface area contributed by atoms with Gasteiger partial charge in [0.05, 0.1) is 25.4 Å². The summed E-state index contributed by atoms with van der Waals surface area (Å²) in [4.78, 5) is 13.0. The summed E-state index contributed by atoms with van der Waals surface area (Å²) in [5.41, 5.74) is 0. The lowest BCUT2D eigenvalue weighted by molar-refractivity contribution is -0.302. The third kappa shape index (κ3) is 32.5. The molecule has 1 saturated heterocycles. The van der Waals surface area contributed by atoms with E-state index >= 15 is 0 Å². The minimum absolute atomic E-state index is 0.194. The maximum atomic E-state index is 13.0. The van der Waals surface area contributed by atoms with Crippen LogP contribution in [0.25, 0.3) is 0 Å². The van der Waals surface area contributed by atoms with Gasteiger partial charge in [-0.1, -0.05) is 197 Å². The van der Waals surface area contributed by atoms with E-state index in [2.05, 4.69) is 67.8 Å². The zero-order chi connectivity index (χ0) is 45.1. The number of amides is 1. The van der Waals surface area contributed by atoms with Gasteiger partial charge in [0.15, 0.2) is 6.29 Å². The van der Waals surface area contributed by atoms with Crippen LogP contribution in [0.5, 0.6) is 0 Å². The standard InChI is InChI=1S/C53H95NO8/c1-3-5-7-9-11-13-15-16-17-18-19-20-21-22-23-24-25-26-27-28-29-30-31-32-33-35-37-39-41-43-49(57)54-46(45-61-53-52(60)51(59)50(58)48(44-55)62-53)47(56)42-40-38-36-34-14-12-10-8-6-4-2/h6,8,14-16,18-19,34,40,42,46-48,50-53,55-56,58-60H,3-5,7,9-13,17,20-33,35-39,41,43-45H2,1-2H3,(H,54,57)/b8-6+,16-15-,19-18-,34-14+,42-40+. The molecule has 62 heavy (non-hydrogen) atoms. The molecule has 0 aromatic carbocycles. The number of carbonyl (C=O) groups is 1. The molecule has 7 atom stereocenters. The van der Waals surface area contributed by atoms with Crippen LogP contribution in [-0.2, 0) is 14.3 Å². The van der Waals surface area contributed by atoms with Crippen LogP contribution in [0.1, 0.15) is 213 Å². The van der Waals surface area contributed by atoms with Gasteiger partial charge in [-0.05, 0) is 70.6 Å². The van der Waals surface area contributed by atoms with Gasteiger partial charge in [0.1, 0.15) is 24.4 Å². The van der Waals surface area contributed by atoms with E-state index in [1.807, 2.05) is 6.08 Å². The molecule has 1 aliphatic rings. The van der Waals surface area contributed by atoms with Crippen molar-refractivity contribution in [1.29, 1.82) is 0 Å². The minimum atomic E-state index is -1.57. The van der Waals surface area contributed by atoms with Crippen molar-refractivity contribution >= 4 is 5.91 Å². The number of hydrogen-bond acceptors (Lipinski definition) is 8. The van der Waals surface area contributed by atoms with Gasteiger partial charge in [0.2, 0.25) is 5.91 Å². The van der Waals surface area contributed by atoms with Gasteiger partial charge in [-0.25, -0.2) is 0 Å². The molecule has 9 nitrogen and oxygen atoms in total. The first kappa shape index (κ1) is 57.9. The van der Waals surface area contributed by atoms with Crippen LogP contribution >= 0.6 is 0 Å². The normalized spacial score (nSPS) is 20.8. The summed E-state index contributed by atoms with van der Waals surface area (Å²) in [6.45, 7) is 3.61. The topological polar surface area (TPSA) is 149 Å². The molecule has 1 rings (SSSR count). The van der Waals surface area contributed by atoms with Crippen molar-refractivity contribution < 1.29 is 39.8 Å². The first-order valence-corrected chi connectivity index (χ1v) is 25.5. The first-order valence-electron chi connectivity index (χ1n) is 25.5. The predicted octanol–water partition coefficient (Wildman–Crippen LogP) is 11.6. The fourth-order valence-corrected chi connectivity index (χ4v) is 7.75. The Morgan fingerprint density at radius 3 is 1.52 bits per heavy atom. The van der Waals surface area contributed by atoms with Gasteiger partial charge in [-0.2, -0.15) is 0 Å². The second-order valence-electron chi connectivity index (χ2n) is 17.6. The zero-order valence-electron chi connectivity index (χ0n) is 39.6. The van der Waals surface area contributed by atoms with Crippen molar-refractivity contribution in [2.45, 2.75) is 256 Å². The SMILES string of the molecule is CC/C=C/CC/C=C/CC/C=C/C(O)C(COC1OC(CO)C(O)C(O)C1O)NC(=O)CCCCCCCCCCCCCCCCCCC/C=C\C/C=C\CCCCCCC. The molecular formula is C53H95NO8. The average Bonchev–Trinajstić information content (AvgIpc) is 3.27. The Balaban J connectivity index is 2.16. The van der Waals surface area contributed by atoms with Crippen molar-refractivity contribution in [1.82, 2.24) is 5.32 Å². The Morgan fingerprint density at radius 2 is 1.02 bits per heavy atom. The number of aliphatic hydroxyl groups excluding tert-OH is 5. The van der Waals surface area contributed by atoms with Gasteiger partial charge in [0.25, 0.3) is 0 Å². The Bertz CT molecular complexity index is 1150. The van der Waals surface area contributed by atoms with E-state index in [0.29, 0.717) is 6.42 Å². The smallest absolute Gasteiger partial charge is 0.220 e. The molecule has 0 aliphatic carbocycles. The molecule has 0 radical (unpaired) electrons. The Labute approximate surface area is 379 Å². The molecular weight excluding hydrogens is 779 g/mol. The van der Waals surface area contributed by atoms with Crippen LogP contribution in [0.15, 0.2) is 60.8 Å². The Morgan fingerprint density at radius 1 is 0.565 bits per heavy atom. The minimum Gasteiger partial charge on any atom is -0.394 e. The number of hydrogen-bond donors (Lipinski definition) is 6. The highest BCUT2D eigenvalue weighted by Gasteiger charge is 2.44. The molecule has 0 spiro atoms. The van der Waals surface area contributed by atoms with E-state index < -0.39 is 49.5 Å². The van der Waals surface area contributed by atoms with Crippen LogP contribution in [-0.4, -0.2) is 87.5 Å². The van der Waals surface area contributed by atoms with Gasteiger partial charge in [-0.3, -0.25) is 4.79 Å². The summed E-state index contributed by atoms with van der Waals surface area (Å²) in [6, 6.07) is -0.827. The second kappa shape index (κ2) is 42.8. The number of allylic oxidation sites excluding steroid dienone is 9. The predicted molar refractivity (Wildman–Crippen MR) is 258 cm³/mol. The maximum absolute atomic E-state index is 13.0. The number of ether oxygens (including phenoxy) is 2. The van der Waals surface area contributed by atoms with Gasteiger partial charge >= 0.3 is 0 Å². The van der Waals surface area contributed by atoms with E-state index in [4.69, 9.17) is 9.47 Å². The van der Waals surface area contributed by atoms with Gasteiger partial charge in [0, 0.05) is 6.42 Å². The first-order chi connectivity index (χ1) is 30.3. The molecule has 0 saturated carbocycles. The maximum Gasteiger partial charge on any atom is 0.220 e. The van der Waals surface area contributed by atoms with Crippen molar-refractivity contribution in [2.24, 2.45) is 0 Å². The number of rotatable bonds is 42. The van der Waals surface area contributed by atoms with Crippen LogP contribution < -0.4 is 5.32 Å². The fraction of sp³-hybridized carbons (Fsp3) is 0.792. The van der Waals surface area contributed by atoms with Crippen LogP contribution in [0, 0.1) is 0 Å². The van der Waals surface area contributed by atoms with E-state index in [0.717, 1.165) is 57.8 Å². The molecule has 1 heterocycles. The van der Waals surface area contributed by atoms with Crippen LogP contribution in [0.4, 0.5) is 0 Å². The summed E-state index contributed by atoms with van der Waals surface area (Å²) in [7, 11) is 0. The molecule has 0 aromatic heterocycles. The largest absolute Gasteiger partial charge is 0.394 e. The number of aliphatic hydroxyl groups is 5. The van der Waals surface area contributed by atoms with Crippen molar-refractivity contribution in [3.05, 3.63) is 60.8 Å². The molecule has 0 aromatic rings. The lowest BCUT2D eigenvalue weighted by Crippen LogP contribution is -2.60. The molecule has 360 valence electrons. The number of carbonyl (C=O) groups excluding carboxylic acids is 1. The highest BCUT2D eigenvalue weighted by molar-refractivity contribution is 5.76. The Hall–Kier alpha value is -2.11. The third-order valence-corrected chi connectivity index (χ3v) is 11.8. The van der Waals surface area contributed by atoms with E-state index in [1.165, 1.54) is 135 Å². The van der Waals surface area contributed by atoms with Gasteiger partial charge in [-0.15, -0.1) is 0 Å². The Kier molecular flexibility index (Phi) is 40.0. The lowest BCUT2D eigenvalue weighted by Gasteiger charge is -2.40. The highest BCUT2D eigenvalue weighted by Crippen LogP contribution is 2.23. The van der Waals surface area contributed by atoms with Gasteiger partial charge < -0.3 is 40.3 Å². The lowest BCUT2D eigenvalue weighted by atomic mass is 9.99. The highest BCUT2D eigenvalue weighted by atomic mass is 16.7. The summed E-state index contributed by atoms with van der Waals surface area (Å²) in [6.07, 6.45) is 50.2. The molecule has 1 amide bonds. The van der Waals surface area contributed by atoms with Crippen molar-refractivity contribution in [3.63, 3.8) is 0 Å². The van der Waals surface area contributed by atoms with E-state index in [1.54, 1.807) is 6.08 Å². The average molecular weight is 874 g/mol. The fourth-order valence-electron chi connectivity index (χ4n) is 7.75. The quantitative estimate of drug-likeness (QED) is 0.0262. The summed E-state index contributed by atoms with van der Waals surface area (Å²) < 4.78 is 11.2. The molecule has 7 unspecified atom stereocenters. The van der Waals surface area contributed by atoms with E-state index in [9.17, 15) is 30.3 Å². The monoisotopic (exact) mass is 874 g/mol. The molecule has 0 bridgehead atoms. The number of unbranched alkanes of at least 4 members (excludes halogenated alkanes) is 24. The van der Waals surface area contributed by atoms with Crippen molar-refractivity contribution in [3.8, 4) is 0 Å². The van der Waals surface area contributed by atoms with Crippen LogP contribution in [0.3, 0.4) is 0 Å². The second-order valence-corrected chi connectivity index (χ2v) is 17.6. The summed E-state index contributed by atoms with van der Waals surface area (Å²) in [5, 5.41) is 54.1. The van der Waals surface area contributed by atoms with Crippen molar-refractivity contribution in [2.75, 3.05) is 13.2 Å².